The van der Waals surface area contributed by atoms with Crippen molar-refractivity contribution < 1.29 is 23.8 Å². The van der Waals surface area contributed by atoms with Crippen LogP contribution in [-0.2, 0) is 4.79 Å². The first-order valence-electron chi connectivity index (χ1n) is 9.28. The average molecular weight is 527 g/mol. The molecule has 0 bridgehead atoms. The van der Waals surface area contributed by atoms with E-state index in [2.05, 4.69) is 15.8 Å². The fraction of sp³-hybridized carbons (Fsp3) is 0.286. The van der Waals surface area contributed by atoms with Gasteiger partial charge in [-0.3, -0.25) is 9.59 Å². The highest BCUT2D eigenvalue weighted by molar-refractivity contribution is 14.1. The minimum absolute atomic E-state index is 0.0364. The molecule has 0 heterocycles. The molecule has 0 aliphatic rings. The van der Waals surface area contributed by atoms with Crippen molar-refractivity contribution in [3.8, 4) is 11.5 Å². The second kappa shape index (κ2) is 10.9. The number of carbonyl (C=O) groups excluding carboxylic acids is 2. The van der Waals surface area contributed by atoms with Gasteiger partial charge in [0, 0.05) is 0 Å². The SMILES string of the molecule is CCOc1cc(C=NNC(=O)C(NC(=O)c2ccccc2F)C(C)C)cc(I)c1O. The van der Waals surface area contributed by atoms with Gasteiger partial charge in [-0.1, -0.05) is 26.0 Å². The standard InChI is InChI=1S/C21H23FIN3O4/c1-4-30-17-10-13(9-16(23)19(17)27)11-24-26-21(29)18(12(2)3)25-20(28)14-7-5-6-8-15(14)22/h5-12,18,27H,4H2,1-3H3,(H,25,28)(H,26,29). The Kier molecular flexibility index (Phi) is 8.58. The third kappa shape index (κ3) is 6.15. The van der Waals surface area contributed by atoms with E-state index in [-0.39, 0.29) is 17.2 Å². The molecular weight excluding hydrogens is 504 g/mol. The number of ether oxygens (including phenoxy) is 1. The van der Waals surface area contributed by atoms with Crippen LogP contribution in [0, 0.1) is 15.3 Å². The van der Waals surface area contributed by atoms with Crippen molar-refractivity contribution in [1.29, 1.82) is 0 Å². The predicted octanol–water partition coefficient (Wildman–Crippen LogP) is 3.44. The van der Waals surface area contributed by atoms with Crippen LogP contribution in [0.15, 0.2) is 41.5 Å². The van der Waals surface area contributed by atoms with Crippen LogP contribution in [0.4, 0.5) is 4.39 Å². The van der Waals surface area contributed by atoms with Gasteiger partial charge in [0.05, 0.1) is 22.0 Å². The van der Waals surface area contributed by atoms with Gasteiger partial charge in [-0.2, -0.15) is 5.10 Å². The van der Waals surface area contributed by atoms with Gasteiger partial charge >= 0.3 is 0 Å². The van der Waals surface area contributed by atoms with Gasteiger partial charge in [-0.15, -0.1) is 0 Å². The van der Waals surface area contributed by atoms with E-state index in [1.807, 2.05) is 22.6 Å². The Hall–Kier alpha value is -2.69. The number of rotatable bonds is 8. The van der Waals surface area contributed by atoms with Crippen molar-refractivity contribution in [2.45, 2.75) is 26.8 Å². The zero-order valence-electron chi connectivity index (χ0n) is 16.8. The highest BCUT2D eigenvalue weighted by atomic mass is 127. The number of carbonyl (C=O) groups is 2. The zero-order valence-corrected chi connectivity index (χ0v) is 18.9. The molecule has 0 radical (unpaired) electrons. The lowest BCUT2D eigenvalue weighted by Crippen LogP contribution is -2.48. The Bertz CT molecular complexity index is 950. The van der Waals surface area contributed by atoms with Crippen LogP contribution in [0.1, 0.15) is 36.7 Å². The average Bonchev–Trinajstić information content (AvgIpc) is 2.69. The molecule has 0 saturated carbocycles. The van der Waals surface area contributed by atoms with Crippen molar-refractivity contribution in [3.05, 3.63) is 56.9 Å². The molecular formula is C21H23FIN3O4. The summed E-state index contributed by atoms with van der Waals surface area (Å²) in [5.74, 6) is -1.79. The van der Waals surface area contributed by atoms with E-state index in [0.717, 1.165) is 0 Å². The number of amides is 2. The Morgan fingerprint density at radius 3 is 2.63 bits per heavy atom. The molecule has 9 heteroatoms. The minimum atomic E-state index is -0.909. The van der Waals surface area contributed by atoms with Gasteiger partial charge in [0.25, 0.3) is 11.8 Å². The highest BCUT2D eigenvalue weighted by Gasteiger charge is 2.25. The number of halogens is 2. The molecule has 1 atom stereocenters. The summed E-state index contributed by atoms with van der Waals surface area (Å²) in [5, 5.41) is 16.5. The van der Waals surface area contributed by atoms with Crippen LogP contribution < -0.4 is 15.5 Å². The minimum Gasteiger partial charge on any atom is -0.504 e. The summed E-state index contributed by atoms with van der Waals surface area (Å²) in [6.07, 6.45) is 1.40. The fourth-order valence-electron chi connectivity index (χ4n) is 2.57. The first-order valence-corrected chi connectivity index (χ1v) is 10.4. The van der Waals surface area contributed by atoms with Crippen LogP contribution in [0.3, 0.4) is 0 Å². The van der Waals surface area contributed by atoms with Gasteiger partial charge < -0.3 is 15.2 Å². The third-order valence-corrected chi connectivity index (χ3v) is 4.92. The van der Waals surface area contributed by atoms with Crippen molar-refractivity contribution in [2.24, 2.45) is 11.0 Å². The molecule has 2 aromatic carbocycles. The molecule has 2 amide bonds. The number of hydrazone groups is 1. The molecule has 0 aliphatic carbocycles. The Labute approximate surface area is 187 Å². The van der Waals surface area contributed by atoms with Crippen LogP contribution in [-0.4, -0.2) is 35.8 Å². The maximum absolute atomic E-state index is 13.8. The normalized spacial score (nSPS) is 12.1. The molecule has 30 heavy (non-hydrogen) atoms. The number of nitrogens with zero attached hydrogens (tertiary/aromatic N) is 1. The van der Waals surface area contributed by atoms with E-state index in [1.54, 1.807) is 39.0 Å². The summed E-state index contributed by atoms with van der Waals surface area (Å²) in [5.41, 5.74) is 2.86. The second-order valence-corrected chi connectivity index (χ2v) is 7.85. The quantitative estimate of drug-likeness (QED) is 0.278. The lowest BCUT2D eigenvalue weighted by Gasteiger charge is -2.20. The molecule has 0 saturated heterocycles. The summed E-state index contributed by atoms with van der Waals surface area (Å²) in [7, 11) is 0. The van der Waals surface area contributed by atoms with Gasteiger partial charge in [-0.25, -0.2) is 9.82 Å². The molecule has 1 unspecified atom stereocenters. The van der Waals surface area contributed by atoms with E-state index in [4.69, 9.17) is 4.74 Å². The number of aromatic hydroxyl groups is 1. The van der Waals surface area contributed by atoms with Gasteiger partial charge in [0.15, 0.2) is 11.5 Å². The van der Waals surface area contributed by atoms with Gasteiger partial charge in [0.1, 0.15) is 11.9 Å². The zero-order chi connectivity index (χ0) is 22.3. The summed E-state index contributed by atoms with van der Waals surface area (Å²) in [6.45, 7) is 5.70. The third-order valence-electron chi connectivity index (χ3n) is 4.09. The Balaban J connectivity index is 2.09. The van der Waals surface area contributed by atoms with E-state index in [0.29, 0.717) is 21.5 Å². The summed E-state index contributed by atoms with van der Waals surface area (Å²) in [4.78, 5) is 24.9. The molecule has 7 nitrogen and oxygen atoms in total. The summed E-state index contributed by atoms with van der Waals surface area (Å²) < 4.78 is 19.8. The molecule has 2 rings (SSSR count). The van der Waals surface area contributed by atoms with E-state index < -0.39 is 23.7 Å². The lowest BCUT2D eigenvalue weighted by molar-refractivity contribution is -0.123. The molecule has 2 aromatic rings. The molecule has 0 aromatic heterocycles. The number of hydrogen-bond donors (Lipinski definition) is 3. The molecule has 3 N–H and O–H groups in total. The molecule has 160 valence electrons. The first-order chi connectivity index (χ1) is 14.2. The van der Waals surface area contributed by atoms with Crippen molar-refractivity contribution in [2.75, 3.05) is 6.61 Å². The molecule has 0 aliphatic heterocycles. The van der Waals surface area contributed by atoms with E-state index in [9.17, 15) is 19.1 Å². The summed E-state index contributed by atoms with van der Waals surface area (Å²) >= 11 is 1.96. The number of phenols is 1. The van der Waals surface area contributed by atoms with E-state index in [1.165, 1.54) is 24.4 Å². The lowest BCUT2D eigenvalue weighted by atomic mass is 10.0. The fourth-order valence-corrected chi connectivity index (χ4v) is 3.20. The predicted molar refractivity (Wildman–Crippen MR) is 120 cm³/mol. The highest BCUT2D eigenvalue weighted by Crippen LogP contribution is 2.32. The summed E-state index contributed by atoms with van der Waals surface area (Å²) in [6, 6.07) is 7.91. The Morgan fingerprint density at radius 2 is 2.00 bits per heavy atom. The number of benzene rings is 2. The second-order valence-electron chi connectivity index (χ2n) is 6.69. The maximum atomic E-state index is 13.8. The maximum Gasteiger partial charge on any atom is 0.262 e. The first kappa shape index (κ1) is 23.6. The number of nitrogens with one attached hydrogen (secondary N) is 2. The van der Waals surface area contributed by atoms with Crippen LogP contribution in [0.2, 0.25) is 0 Å². The molecule has 0 spiro atoms. The van der Waals surface area contributed by atoms with Crippen LogP contribution in [0.5, 0.6) is 11.5 Å². The van der Waals surface area contributed by atoms with Crippen molar-refractivity contribution in [1.82, 2.24) is 10.7 Å². The van der Waals surface area contributed by atoms with Crippen LogP contribution >= 0.6 is 22.6 Å². The number of phenolic OH excluding ortho intramolecular Hbond substituents is 1. The van der Waals surface area contributed by atoms with Crippen molar-refractivity contribution in [3.63, 3.8) is 0 Å². The smallest absolute Gasteiger partial charge is 0.262 e. The van der Waals surface area contributed by atoms with Gasteiger partial charge in [0.2, 0.25) is 0 Å². The number of hydrogen-bond acceptors (Lipinski definition) is 5. The topological polar surface area (TPSA) is 100 Å². The van der Waals surface area contributed by atoms with Gasteiger partial charge in [-0.05, 0) is 65.3 Å². The van der Waals surface area contributed by atoms with Crippen LogP contribution in [0.25, 0.3) is 0 Å². The monoisotopic (exact) mass is 527 g/mol. The Morgan fingerprint density at radius 1 is 1.30 bits per heavy atom. The largest absolute Gasteiger partial charge is 0.504 e. The molecule has 0 fully saturated rings. The van der Waals surface area contributed by atoms with Crippen molar-refractivity contribution >= 4 is 40.6 Å². The van der Waals surface area contributed by atoms with E-state index >= 15 is 0 Å².